The van der Waals surface area contributed by atoms with E-state index in [2.05, 4.69) is 15.9 Å². The van der Waals surface area contributed by atoms with Gasteiger partial charge in [-0.25, -0.2) is 0 Å². The minimum Gasteiger partial charge on any atom is -0.375 e. The standard InChI is InChI=1S/C16H15BrO2/c1-19-16(13-10-6-3-7-11-13)14(17)15(18)12-8-4-2-5-9-12/h2-11,14,16H,1H3/t14-,16-/m1/s1. The molecule has 0 aliphatic heterocycles. The number of benzene rings is 2. The van der Waals surface area contributed by atoms with Crippen molar-refractivity contribution in [2.45, 2.75) is 10.9 Å². The molecule has 98 valence electrons. The van der Waals surface area contributed by atoms with Gasteiger partial charge in [-0.3, -0.25) is 4.79 Å². The van der Waals surface area contributed by atoms with Crippen LogP contribution in [-0.4, -0.2) is 17.7 Å². The Morgan fingerprint density at radius 2 is 1.53 bits per heavy atom. The van der Waals surface area contributed by atoms with Crippen LogP contribution in [0, 0.1) is 0 Å². The fourth-order valence-corrected chi connectivity index (χ4v) is 2.75. The van der Waals surface area contributed by atoms with E-state index in [1.807, 2.05) is 60.7 Å². The van der Waals surface area contributed by atoms with Crippen LogP contribution in [0.1, 0.15) is 22.0 Å². The molecule has 2 rings (SSSR count). The van der Waals surface area contributed by atoms with Crippen LogP contribution in [0.2, 0.25) is 0 Å². The van der Waals surface area contributed by atoms with Crippen LogP contribution < -0.4 is 0 Å². The summed E-state index contributed by atoms with van der Waals surface area (Å²) in [5.41, 5.74) is 1.67. The molecule has 0 radical (unpaired) electrons. The molecular weight excluding hydrogens is 304 g/mol. The number of ketones is 1. The molecule has 2 aromatic carbocycles. The Bertz CT molecular complexity index is 525. The maximum Gasteiger partial charge on any atom is 0.179 e. The van der Waals surface area contributed by atoms with Gasteiger partial charge in [0.15, 0.2) is 5.78 Å². The van der Waals surface area contributed by atoms with Gasteiger partial charge in [-0.2, -0.15) is 0 Å². The summed E-state index contributed by atoms with van der Waals surface area (Å²) in [4.78, 5) is 12.0. The second-order valence-corrected chi connectivity index (χ2v) is 5.19. The third kappa shape index (κ3) is 3.31. The zero-order valence-electron chi connectivity index (χ0n) is 10.6. The summed E-state index contributed by atoms with van der Waals surface area (Å²) in [5, 5.41) is 0. The van der Waals surface area contributed by atoms with Crippen molar-refractivity contribution in [3.05, 3.63) is 71.8 Å². The fraction of sp³-hybridized carbons (Fsp3) is 0.188. The average Bonchev–Trinajstić information content (AvgIpc) is 2.49. The molecule has 0 heterocycles. The lowest BCUT2D eigenvalue weighted by Gasteiger charge is -2.20. The molecule has 0 N–H and O–H groups in total. The van der Waals surface area contributed by atoms with E-state index in [0.717, 1.165) is 5.56 Å². The third-order valence-electron chi connectivity index (χ3n) is 2.96. The van der Waals surface area contributed by atoms with Crippen LogP contribution in [0.3, 0.4) is 0 Å². The Labute approximate surface area is 121 Å². The first-order valence-corrected chi connectivity index (χ1v) is 6.96. The number of hydrogen-bond donors (Lipinski definition) is 0. The molecule has 0 spiro atoms. The highest BCUT2D eigenvalue weighted by Gasteiger charge is 2.27. The van der Waals surface area contributed by atoms with Crippen molar-refractivity contribution >= 4 is 21.7 Å². The predicted molar refractivity (Wildman–Crippen MR) is 79.7 cm³/mol. The maximum atomic E-state index is 12.4. The van der Waals surface area contributed by atoms with Gasteiger partial charge in [0, 0.05) is 12.7 Å². The van der Waals surface area contributed by atoms with Gasteiger partial charge in [-0.15, -0.1) is 0 Å². The summed E-state index contributed by atoms with van der Waals surface area (Å²) in [6.07, 6.45) is -0.297. The van der Waals surface area contributed by atoms with Gasteiger partial charge in [0.25, 0.3) is 0 Å². The van der Waals surface area contributed by atoms with Gasteiger partial charge in [0.2, 0.25) is 0 Å². The van der Waals surface area contributed by atoms with Crippen LogP contribution in [0.4, 0.5) is 0 Å². The summed E-state index contributed by atoms with van der Waals surface area (Å²) in [5.74, 6) is 0.0244. The normalized spacial score (nSPS) is 13.8. The SMILES string of the molecule is CO[C@H](c1ccccc1)[C@H](Br)C(=O)c1ccccc1. The van der Waals surface area contributed by atoms with E-state index in [1.54, 1.807) is 7.11 Å². The molecule has 0 amide bonds. The first-order chi connectivity index (χ1) is 9.24. The Balaban J connectivity index is 2.22. The molecule has 19 heavy (non-hydrogen) atoms. The van der Waals surface area contributed by atoms with Gasteiger partial charge >= 0.3 is 0 Å². The van der Waals surface area contributed by atoms with E-state index in [-0.39, 0.29) is 11.9 Å². The molecule has 0 saturated carbocycles. The molecule has 2 atom stereocenters. The lowest BCUT2D eigenvalue weighted by Crippen LogP contribution is -2.24. The monoisotopic (exact) mass is 318 g/mol. The van der Waals surface area contributed by atoms with Crippen LogP contribution in [0.25, 0.3) is 0 Å². The van der Waals surface area contributed by atoms with Crippen LogP contribution in [0.5, 0.6) is 0 Å². The summed E-state index contributed by atoms with van der Waals surface area (Å²) in [7, 11) is 1.62. The lowest BCUT2D eigenvalue weighted by atomic mass is 10.00. The first-order valence-electron chi connectivity index (χ1n) is 6.05. The van der Waals surface area contributed by atoms with Crippen LogP contribution in [0.15, 0.2) is 60.7 Å². The maximum absolute atomic E-state index is 12.4. The first kappa shape index (κ1) is 14.0. The number of ether oxygens (including phenoxy) is 1. The lowest BCUT2D eigenvalue weighted by molar-refractivity contribution is 0.0770. The number of halogens is 1. The summed E-state index contributed by atoms with van der Waals surface area (Å²) in [6.45, 7) is 0. The van der Waals surface area contributed by atoms with Crippen molar-refractivity contribution in [2.75, 3.05) is 7.11 Å². The van der Waals surface area contributed by atoms with Crippen molar-refractivity contribution < 1.29 is 9.53 Å². The summed E-state index contributed by atoms with van der Waals surface area (Å²) < 4.78 is 5.47. The van der Waals surface area contributed by atoms with Crippen molar-refractivity contribution in [1.82, 2.24) is 0 Å². The Morgan fingerprint density at radius 1 is 1.00 bits per heavy atom. The molecule has 3 heteroatoms. The summed E-state index contributed by atoms with van der Waals surface area (Å²) in [6, 6.07) is 19.0. The highest BCUT2D eigenvalue weighted by atomic mass is 79.9. The molecule has 2 aromatic rings. The predicted octanol–water partition coefficient (Wildman–Crippen LogP) is 4.02. The zero-order valence-corrected chi connectivity index (χ0v) is 12.2. The van der Waals surface area contributed by atoms with E-state index in [1.165, 1.54) is 0 Å². The number of hydrogen-bond acceptors (Lipinski definition) is 2. The Morgan fingerprint density at radius 3 is 2.05 bits per heavy atom. The zero-order chi connectivity index (χ0) is 13.7. The largest absolute Gasteiger partial charge is 0.375 e. The second kappa shape index (κ2) is 6.64. The Hall–Kier alpha value is -1.45. The number of methoxy groups -OCH3 is 1. The van der Waals surface area contributed by atoms with E-state index in [4.69, 9.17) is 4.74 Å². The second-order valence-electron chi connectivity index (χ2n) is 4.20. The van der Waals surface area contributed by atoms with Crippen LogP contribution in [-0.2, 0) is 4.74 Å². The molecule has 0 saturated heterocycles. The van der Waals surface area contributed by atoms with E-state index >= 15 is 0 Å². The Kier molecular flexibility index (Phi) is 4.88. The third-order valence-corrected chi connectivity index (χ3v) is 3.85. The molecule has 2 nitrogen and oxygen atoms in total. The van der Waals surface area contributed by atoms with Crippen molar-refractivity contribution in [1.29, 1.82) is 0 Å². The number of alkyl halides is 1. The topological polar surface area (TPSA) is 26.3 Å². The quantitative estimate of drug-likeness (QED) is 0.614. The molecule has 0 bridgehead atoms. The average molecular weight is 319 g/mol. The number of rotatable bonds is 5. The molecule has 0 aliphatic rings. The van der Waals surface area contributed by atoms with Crippen molar-refractivity contribution in [3.8, 4) is 0 Å². The van der Waals surface area contributed by atoms with Crippen LogP contribution >= 0.6 is 15.9 Å². The van der Waals surface area contributed by atoms with Gasteiger partial charge < -0.3 is 4.74 Å². The molecular formula is C16H15BrO2. The smallest absolute Gasteiger partial charge is 0.179 e. The van der Waals surface area contributed by atoms with Crippen molar-refractivity contribution in [2.24, 2.45) is 0 Å². The minimum atomic E-state index is -0.401. The molecule has 0 fully saturated rings. The number of carbonyl (C=O) groups excluding carboxylic acids is 1. The molecule has 0 unspecified atom stereocenters. The molecule has 0 aliphatic carbocycles. The van der Waals surface area contributed by atoms with E-state index < -0.39 is 4.83 Å². The summed E-state index contributed by atoms with van der Waals surface area (Å²) >= 11 is 3.47. The van der Waals surface area contributed by atoms with Gasteiger partial charge in [-0.05, 0) is 5.56 Å². The number of Topliss-reactive ketones (excluding diaryl/α,β-unsaturated/α-hetero) is 1. The van der Waals surface area contributed by atoms with Gasteiger partial charge in [0.1, 0.15) is 10.9 Å². The van der Waals surface area contributed by atoms with Gasteiger partial charge in [0.05, 0.1) is 0 Å². The number of carbonyl (C=O) groups is 1. The highest BCUT2D eigenvalue weighted by molar-refractivity contribution is 9.10. The molecule has 0 aromatic heterocycles. The van der Waals surface area contributed by atoms with E-state index in [9.17, 15) is 4.79 Å². The fourth-order valence-electron chi connectivity index (χ4n) is 1.97. The minimum absolute atomic E-state index is 0.0244. The van der Waals surface area contributed by atoms with E-state index in [0.29, 0.717) is 5.56 Å². The highest BCUT2D eigenvalue weighted by Crippen LogP contribution is 2.28. The van der Waals surface area contributed by atoms with Gasteiger partial charge in [-0.1, -0.05) is 76.6 Å². The van der Waals surface area contributed by atoms with Crippen molar-refractivity contribution in [3.63, 3.8) is 0 Å².